The van der Waals surface area contributed by atoms with Gasteiger partial charge < -0.3 is 9.30 Å². The van der Waals surface area contributed by atoms with Gasteiger partial charge >= 0.3 is 0 Å². The van der Waals surface area contributed by atoms with Crippen molar-refractivity contribution in [3.8, 4) is 11.5 Å². The molecule has 22 heavy (non-hydrogen) atoms. The minimum absolute atomic E-state index is 0.0895. The lowest BCUT2D eigenvalue weighted by Crippen LogP contribution is -2.16. The molecule has 0 fully saturated rings. The van der Waals surface area contributed by atoms with Crippen molar-refractivity contribution in [3.05, 3.63) is 64.4 Å². The predicted molar refractivity (Wildman–Crippen MR) is 87.3 cm³/mol. The Morgan fingerprint density at radius 1 is 1.45 bits per heavy atom. The van der Waals surface area contributed by atoms with E-state index in [9.17, 15) is 10.1 Å². The first kappa shape index (κ1) is 15.6. The van der Waals surface area contributed by atoms with Crippen LogP contribution in [0.4, 0.5) is 5.69 Å². The number of nitrogens with zero attached hydrogens (tertiary/aromatic N) is 3. The van der Waals surface area contributed by atoms with Crippen LogP contribution in [-0.4, -0.2) is 17.3 Å². The number of nitro benzene ring substituents is 1. The summed E-state index contributed by atoms with van der Waals surface area (Å²) in [4.78, 5) is 14.7. The van der Waals surface area contributed by atoms with Crippen molar-refractivity contribution in [2.45, 2.75) is 6.92 Å². The summed E-state index contributed by atoms with van der Waals surface area (Å²) in [5.41, 5.74) is 2.13. The van der Waals surface area contributed by atoms with Crippen LogP contribution in [0.3, 0.4) is 0 Å². The zero-order valence-corrected chi connectivity index (χ0v) is 12.7. The molecule has 0 aliphatic rings. The number of aromatic nitrogens is 1. The second-order valence-electron chi connectivity index (χ2n) is 4.84. The van der Waals surface area contributed by atoms with Gasteiger partial charge in [0, 0.05) is 31.6 Å². The van der Waals surface area contributed by atoms with Gasteiger partial charge in [-0.2, -0.15) is 0 Å². The minimum atomic E-state index is -0.393. The summed E-state index contributed by atoms with van der Waals surface area (Å²) in [5, 5.41) is 10.9. The molecule has 0 bridgehead atoms. The smallest absolute Gasteiger partial charge is 0.263 e. The predicted octanol–water partition coefficient (Wildman–Crippen LogP) is 1.34. The number of rotatable bonds is 4. The van der Waals surface area contributed by atoms with E-state index in [0.717, 1.165) is 5.56 Å². The first-order valence-electron chi connectivity index (χ1n) is 6.68. The highest BCUT2D eigenvalue weighted by Gasteiger charge is 2.15. The van der Waals surface area contributed by atoms with Crippen molar-refractivity contribution in [2.75, 3.05) is 0 Å². The van der Waals surface area contributed by atoms with Crippen LogP contribution in [0.1, 0.15) is 5.56 Å². The summed E-state index contributed by atoms with van der Waals surface area (Å²) in [6.07, 6.45) is 3.28. The van der Waals surface area contributed by atoms with Crippen molar-refractivity contribution in [3.63, 3.8) is 0 Å². The first-order chi connectivity index (χ1) is 10.4. The summed E-state index contributed by atoms with van der Waals surface area (Å²) in [7, 11) is 3.58. The summed E-state index contributed by atoms with van der Waals surface area (Å²) in [6, 6.07) is 6.64. The molecule has 0 N–H and O–H groups in total. The molecule has 0 atom stereocenters. The van der Waals surface area contributed by atoms with Crippen molar-refractivity contribution < 1.29 is 9.66 Å². The fourth-order valence-electron chi connectivity index (χ4n) is 2.04. The topological polar surface area (TPSA) is 69.7 Å². The first-order valence-corrected chi connectivity index (χ1v) is 6.68. The normalized spacial score (nSPS) is 11.3. The quantitative estimate of drug-likeness (QED) is 0.486. The molecular formula is C15H16BN3O3. The molecule has 112 valence electrons. The number of ether oxygens (including phenoxy) is 1. The fourth-order valence-corrected chi connectivity index (χ4v) is 2.04. The Balaban J connectivity index is 2.42. The number of benzene rings is 1. The van der Waals surface area contributed by atoms with E-state index in [2.05, 4.69) is 11.6 Å². The number of nitro groups is 1. The molecule has 0 amide bonds. The van der Waals surface area contributed by atoms with E-state index in [-0.39, 0.29) is 5.69 Å². The summed E-state index contributed by atoms with van der Waals surface area (Å²) >= 11 is 0. The van der Waals surface area contributed by atoms with Gasteiger partial charge in [-0.1, -0.05) is 6.58 Å². The third kappa shape index (κ3) is 3.08. The molecule has 7 heteroatoms. The van der Waals surface area contributed by atoms with Crippen molar-refractivity contribution >= 4 is 19.0 Å². The lowest BCUT2D eigenvalue weighted by molar-refractivity contribution is -0.383. The Morgan fingerprint density at radius 3 is 2.82 bits per heavy atom. The second-order valence-corrected chi connectivity index (χ2v) is 4.84. The molecule has 6 nitrogen and oxygen atoms in total. The Kier molecular flexibility index (Phi) is 4.46. The van der Waals surface area contributed by atoms with Gasteiger partial charge in [0.2, 0.25) is 0 Å². The number of pyridine rings is 1. The number of hydrogen-bond donors (Lipinski definition) is 0. The van der Waals surface area contributed by atoms with E-state index in [4.69, 9.17) is 4.74 Å². The van der Waals surface area contributed by atoms with E-state index in [1.807, 2.05) is 17.8 Å². The van der Waals surface area contributed by atoms with Crippen LogP contribution < -0.4 is 15.7 Å². The molecular weight excluding hydrogens is 281 g/mol. The molecule has 0 aliphatic carbocycles. The van der Waals surface area contributed by atoms with E-state index in [0.29, 0.717) is 22.4 Å². The summed E-state index contributed by atoms with van der Waals surface area (Å²) in [6.45, 7) is 5.38. The van der Waals surface area contributed by atoms with Gasteiger partial charge in [-0.3, -0.25) is 10.1 Å². The Hall–Kier alpha value is -2.83. The van der Waals surface area contributed by atoms with E-state index >= 15 is 0 Å². The van der Waals surface area contributed by atoms with Crippen molar-refractivity contribution in [2.24, 2.45) is 12.0 Å². The third-order valence-corrected chi connectivity index (χ3v) is 3.45. The molecule has 1 heterocycles. The summed E-state index contributed by atoms with van der Waals surface area (Å²) in [5.74, 6) is 1.19. The van der Waals surface area contributed by atoms with Crippen LogP contribution in [0.5, 0.6) is 11.5 Å². The molecule has 0 saturated carbocycles. The molecule has 2 rings (SSSR count). The van der Waals surface area contributed by atoms with Crippen LogP contribution >= 0.6 is 0 Å². The van der Waals surface area contributed by atoms with Crippen LogP contribution in [0.2, 0.25) is 0 Å². The van der Waals surface area contributed by atoms with Gasteiger partial charge in [0.25, 0.3) is 5.69 Å². The van der Waals surface area contributed by atoms with Crippen molar-refractivity contribution in [1.29, 1.82) is 0 Å². The van der Waals surface area contributed by atoms with Crippen LogP contribution in [0, 0.1) is 17.0 Å². The van der Waals surface area contributed by atoms with Gasteiger partial charge in [-0.05, 0) is 30.1 Å². The molecule has 0 unspecified atom stereocenters. The lowest BCUT2D eigenvalue weighted by Gasteiger charge is -2.11. The minimum Gasteiger partial charge on any atom is -0.457 e. The zero-order valence-electron chi connectivity index (χ0n) is 12.7. The van der Waals surface area contributed by atoms with E-state index < -0.39 is 4.92 Å². The monoisotopic (exact) mass is 297 g/mol. The zero-order chi connectivity index (χ0) is 16.3. The van der Waals surface area contributed by atoms with Crippen LogP contribution in [0.15, 0.2) is 48.2 Å². The fraction of sp³-hybridized carbons (Fsp3) is 0.133. The van der Waals surface area contributed by atoms with Crippen molar-refractivity contribution in [1.82, 2.24) is 4.57 Å². The maximum absolute atomic E-state index is 10.9. The van der Waals surface area contributed by atoms with Gasteiger partial charge in [-0.15, -0.1) is 0 Å². The maximum Gasteiger partial charge on any atom is 0.263 e. The molecule has 0 spiro atoms. The molecule has 2 aromatic rings. The van der Waals surface area contributed by atoms with Crippen LogP contribution in [-0.2, 0) is 7.05 Å². The molecule has 0 radical (unpaired) electrons. The van der Waals surface area contributed by atoms with Gasteiger partial charge in [0.05, 0.1) is 4.92 Å². The molecule has 1 aromatic carbocycles. The highest BCUT2D eigenvalue weighted by Crippen LogP contribution is 2.25. The van der Waals surface area contributed by atoms with E-state index in [1.54, 1.807) is 33.0 Å². The Bertz CT molecular complexity index is 812. The largest absolute Gasteiger partial charge is 0.457 e. The van der Waals surface area contributed by atoms with Crippen LogP contribution in [0.25, 0.3) is 0 Å². The van der Waals surface area contributed by atoms with E-state index in [1.165, 1.54) is 12.3 Å². The van der Waals surface area contributed by atoms with Gasteiger partial charge in [0.15, 0.2) is 0 Å². The standard InChI is InChI=1S/C15H16BN3O3/c1-4-17-14-9-11(7-8-18(14)3)22-13-6-5-12(19(20)21)15(16)10(13)2/h4-9H,1,16H2,2-3H3/b17-14-. The molecule has 0 aliphatic heterocycles. The highest BCUT2D eigenvalue weighted by molar-refractivity contribution is 6.36. The number of aryl methyl sites for hydroxylation is 1. The average Bonchev–Trinajstić information content (AvgIpc) is 2.47. The Morgan fingerprint density at radius 2 is 2.18 bits per heavy atom. The number of hydrogen-bond acceptors (Lipinski definition) is 4. The average molecular weight is 297 g/mol. The highest BCUT2D eigenvalue weighted by atomic mass is 16.6. The third-order valence-electron chi connectivity index (χ3n) is 3.45. The second kappa shape index (κ2) is 6.30. The van der Waals surface area contributed by atoms with Gasteiger partial charge in [0.1, 0.15) is 24.8 Å². The summed E-state index contributed by atoms with van der Waals surface area (Å²) < 4.78 is 7.67. The van der Waals surface area contributed by atoms with Gasteiger partial charge in [-0.25, -0.2) is 4.99 Å². The molecule has 1 aromatic heterocycles. The SMILES string of the molecule is Bc1c([N+](=O)[O-])ccc(Oc2ccn(C)/c(=N\C=C)c2)c1C. The maximum atomic E-state index is 10.9. The lowest BCUT2D eigenvalue weighted by atomic mass is 9.89. The Labute approximate surface area is 129 Å². The molecule has 0 saturated heterocycles.